The topological polar surface area (TPSA) is 38.7 Å². The summed E-state index contributed by atoms with van der Waals surface area (Å²) in [5.41, 5.74) is 2.63. The lowest BCUT2D eigenvalue weighted by molar-refractivity contribution is -0.101. The van der Waals surface area contributed by atoms with E-state index in [1.807, 2.05) is 0 Å². The predicted octanol–water partition coefficient (Wildman–Crippen LogP) is 2.30. The van der Waals surface area contributed by atoms with Crippen LogP contribution in [-0.2, 0) is 16.6 Å². The van der Waals surface area contributed by atoms with Gasteiger partial charge in [0.05, 0.1) is 19.8 Å². The zero-order chi connectivity index (χ0) is 13.3. The third kappa shape index (κ3) is 2.05. The van der Waals surface area contributed by atoms with E-state index in [4.69, 9.17) is 9.47 Å². The van der Waals surface area contributed by atoms with E-state index in [9.17, 15) is 5.11 Å². The lowest BCUT2D eigenvalue weighted by Gasteiger charge is -2.47. The van der Waals surface area contributed by atoms with Crippen molar-refractivity contribution >= 4 is 0 Å². The highest BCUT2D eigenvalue weighted by Crippen LogP contribution is 2.42. The van der Waals surface area contributed by atoms with E-state index >= 15 is 0 Å². The third-order valence-corrected chi connectivity index (χ3v) is 4.70. The Kier molecular flexibility index (Phi) is 3.50. The molecule has 0 aliphatic carbocycles. The summed E-state index contributed by atoms with van der Waals surface area (Å²) in [7, 11) is 0. The molecule has 0 spiro atoms. The van der Waals surface area contributed by atoms with Crippen LogP contribution < -0.4 is 4.74 Å². The summed E-state index contributed by atoms with van der Waals surface area (Å²) >= 11 is 0. The highest BCUT2D eigenvalue weighted by Gasteiger charge is 2.46. The molecule has 0 aromatic heterocycles. The number of hydrogen-bond acceptors (Lipinski definition) is 3. The normalized spacial score (nSPS) is 22.0. The molecule has 1 fully saturated rings. The van der Waals surface area contributed by atoms with E-state index in [1.54, 1.807) is 0 Å². The first-order valence-corrected chi connectivity index (χ1v) is 7.25. The summed E-state index contributed by atoms with van der Waals surface area (Å²) in [5, 5.41) is 9.65. The standard InChI is InChI=1S/C16H22O3/c1-2-13(9-17)16(10-18-11-16)14-5-6-15-12(8-14)4-3-7-19-15/h5-6,8,13,17H,2-4,7,9-11H2,1H3. The molecule has 0 saturated carbocycles. The first-order valence-electron chi connectivity index (χ1n) is 7.25. The van der Waals surface area contributed by atoms with Crippen LogP contribution >= 0.6 is 0 Å². The van der Waals surface area contributed by atoms with Crippen LogP contribution in [0.5, 0.6) is 5.75 Å². The van der Waals surface area contributed by atoms with E-state index in [-0.39, 0.29) is 17.9 Å². The SMILES string of the molecule is CCC(CO)C1(c2ccc3c(c2)CCCO3)COC1. The van der Waals surface area contributed by atoms with Crippen molar-refractivity contribution in [3.05, 3.63) is 29.3 Å². The van der Waals surface area contributed by atoms with Crippen molar-refractivity contribution in [2.75, 3.05) is 26.4 Å². The van der Waals surface area contributed by atoms with Gasteiger partial charge in [0.15, 0.2) is 0 Å². The van der Waals surface area contributed by atoms with Crippen LogP contribution in [-0.4, -0.2) is 31.5 Å². The van der Waals surface area contributed by atoms with Crippen molar-refractivity contribution in [3.63, 3.8) is 0 Å². The van der Waals surface area contributed by atoms with Crippen LogP contribution in [0.4, 0.5) is 0 Å². The average molecular weight is 262 g/mol. The predicted molar refractivity (Wildman–Crippen MR) is 73.6 cm³/mol. The molecule has 0 bridgehead atoms. The molecule has 1 saturated heterocycles. The number of aliphatic hydroxyl groups excluding tert-OH is 1. The maximum absolute atomic E-state index is 9.65. The van der Waals surface area contributed by atoms with Crippen molar-refractivity contribution in [3.8, 4) is 5.75 Å². The van der Waals surface area contributed by atoms with Crippen LogP contribution in [0.2, 0.25) is 0 Å². The fourth-order valence-corrected chi connectivity index (χ4v) is 3.32. The molecule has 3 nitrogen and oxygen atoms in total. The van der Waals surface area contributed by atoms with Gasteiger partial charge in [0.2, 0.25) is 0 Å². The van der Waals surface area contributed by atoms with Crippen LogP contribution in [0, 0.1) is 5.92 Å². The molecule has 104 valence electrons. The lowest BCUT2D eigenvalue weighted by Crippen LogP contribution is -2.53. The Labute approximate surface area is 114 Å². The monoisotopic (exact) mass is 262 g/mol. The van der Waals surface area contributed by atoms with Gasteiger partial charge in [-0.1, -0.05) is 25.5 Å². The Morgan fingerprint density at radius 2 is 2.21 bits per heavy atom. The average Bonchev–Trinajstić information content (AvgIpc) is 2.42. The van der Waals surface area contributed by atoms with Gasteiger partial charge >= 0.3 is 0 Å². The molecule has 1 aromatic rings. The molecule has 1 atom stereocenters. The first-order chi connectivity index (χ1) is 9.30. The Morgan fingerprint density at radius 1 is 1.37 bits per heavy atom. The number of rotatable bonds is 4. The Balaban J connectivity index is 1.95. The second kappa shape index (κ2) is 5.14. The molecule has 3 rings (SSSR count). The second-order valence-corrected chi connectivity index (χ2v) is 5.71. The summed E-state index contributed by atoms with van der Waals surface area (Å²) in [6.45, 7) is 4.65. The van der Waals surface area contributed by atoms with E-state index in [0.29, 0.717) is 0 Å². The molecular weight excluding hydrogens is 240 g/mol. The van der Waals surface area contributed by atoms with Crippen LogP contribution in [0.1, 0.15) is 30.9 Å². The Morgan fingerprint density at radius 3 is 2.84 bits per heavy atom. The minimum atomic E-state index is 0.00990. The van der Waals surface area contributed by atoms with Crippen molar-refractivity contribution < 1.29 is 14.6 Å². The summed E-state index contributed by atoms with van der Waals surface area (Å²) in [6.07, 6.45) is 3.17. The molecule has 2 aliphatic heterocycles. The molecule has 2 aliphatic rings. The minimum absolute atomic E-state index is 0.00990. The second-order valence-electron chi connectivity index (χ2n) is 5.71. The number of aryl methyl sites for hydroxylation is 1. The molecule has 1 N–H and O–H groups in total. The van der Waals surface area contributed by atoms with Gasteiger partial charge in [-0.05, 0) is 36.0 Å². The van der Waals surface area contributed by atoms with Gasteiger partial charge in [0.1, 0.15) is 5.75 Å². The fraction of sp³-hybridized carbons (Fsp3) is 0.625. The fourth-order valence-electron chi connectivity index (χ4n) is 3.32. The lowest BCUT2D eigenvalue weighted by atomic mass is 9.67. The molecular formula is C16H22O3. The van der Waals surface area contributed by atoms with Crippen molar-refractivity contribution in [1.29, 1.82) is 0 Å². The number of aliphatic hydroxyl groups is 1. The number of benzene rings is 1. The van der Waals surface area contributed by atoms with Crippen molar-refractivity contribution in [2.24, 2.45) is 5.92 Å². The molecule has 0 radical (unpaired) electrons. The molecule has 3 heteroatoms. The molecule has 19 heavy (non-hydrogen) atoms. The van der Waals surface area contributed by atoms with Gasteiger partial charge in [-0.3, -0.25) is 0 Å². The van der Waals surface area contributed by atoms with Gasteiger partial charge in [-0.15, -0.1) is 0 Å². The largest absolute Gasteiger partial charge is 0.493 e. The number of hydrogen-bond donors (Lipinski definition) is 1. The number of ether oxygens (including phenoxy) is 2. The highest BCUT2D eigenvalue weighted by molar-refractivity contribution is 5.42. The molecule has 0 amide bonds. The summed E-state index contributed by atoms with van der Waals surface area (Å²) in [5.74, 6) is 1.31. The summed E-state index contributed by atoms with van der Waals surface area (Å²) < 4.78 is 11.2. The Bertz CT molecular complexity index is 447. The zero-order valence-corrected chi connectivity index (χ0v) is 11.5. The van der Waals surface area contributed by atoms with Crippen LogP contribution in [0.15, 0.2) is 18.2 Å². The van der Waals surface area contributed by atoms with E-state index < -0.39 is 0 Å². The van der Waals surface area contributed by atoms with Crippen molar-refractivity contribution in [2.45, 2.75) is 31.6 Å². The third-order valence-electron chi connectivity index (χ3n) is 4.70. The van der Waals surface area contributed by atoms with Crippen LogP contribution in [0.25, 0.3) is 0 Å². The maximum atomic E-state index is 9.65. The summed E-state index contributed by atoms with van der Waals surface area (Å²) in [4.78, 5) is 0. The first kappa shape index (κ1) is 12.9. The molecule has 1 aromatic carbocycles. The van der Waals surface area contributed by atoms with Gasteiger partial charge in [-0.2, -0.15) is 0 Å². The minimum Gasteiger partial charge on any atom is -0.493 e. The Hall–Kier alpha value is -1.06. The van der Waals surface area contributed by atoms with Gasteiger partial charge < -0.3 is 14.6 Å². The van der Waals surface area contributed by atoms with Gasteiger partial charge in [0, 0.05) is 12.0 Å². The molecule has 1 unspecified atom stereocenters. The van der Waals surface area contributed by atoms with E-state index in [2.05, 4.69) is 25.1 Å². The quantitative estimate of drug-likeness (QED) is 0.905. The number of fused-ring (bicyclic) bond motifs is 1. The van der Waals surface area contributed by atoms with Crippen molar-refractivity contribution in [1.82, 2.24) is 0 Å². The zero-order valence-electron chi connectivity index (χ0n) is 11.5. The highest BCUT2D eigenvalue weighted by atomic mass is 16.5. The van der Waals surface area contributed by atoms with Gasteiger partial charge in [-0.25, -0.2) is 0 Å². The maximum Gasteiger partial charge on any atom is 0.122 e. The molecule has 2 heterocycles. The van der Waals surface area contributed by atoms with Gasteiger partial charge in [0.25, 0.3) is 0 Å². The van der Waals surface area contributed by atoms with E-state index in [1.165, 1.54) is 11.1 Å². The van der Waals surface area contributed by atoms with Crippen LogP contribution in [0.3, 0.4) is 0 Å². The smallest absolute Gasteiger partial charge is 0.122 e. The van der Waals surface area contributed by atoms with E-state index in [0.717, 1.165) is 44.8 Å². The summed E-state index contributed by atoms with van der Waals surface area (Å²) in [6, 6.07) is 6.52.